The Hall–Kier alpha value is -0.0800. The topological polar surface area (TPSA) is 23.5 Å². The Morgan fingerprint density at radius 3 is 2.21 bits per heavy atom. The van der Waals surface area contributed by atoms with E-state index in [9.17, 15) is 5.11 Å². The van der Waals surface area contributed by atoms with Crippen molar-refractivity contribution in [2.75, 3.05) is 20.6 Å². The van der Waals surface area contributed by atoms with Gasteiger partial charge in [-0.3, -0.25) is 0 Å². The molecule has 1 unspecified atom stereocenters. The molecule has 0 aromatic rings. The van der Waals surface area contributed by atoms with Crippen LogP contribution >= 0.6 is 0 Å². The van der Waals surface area contributed by atoms with Crippen LogP contribution in [0.15, 0.2) is 0 Å². The van der Waals surface area contributed by atoms with E-state index in [-0.39, 0.29) is 6.10 Å². The van der Waals surface area contributed by atoms with Gasteiger partial charge in [0.05, 0.1) is 6.10 Å². The first-order valence-electron chi connectivity index (χ1n) is 5.99. The van der Waals surface area contributed by atoms with E-state index in [1.807, 2.05) is 14.1 Å². The lowest BCUT2D eigenvalue weighted by atomic mass is 10.1. The minimum atomic E-state index is -0.0842. The fourth-order valence-electron chi connectivity index (χ4n) is 1.54. The number of nitrogens with zero attached hydrogens (tertiary/aromatic N) is 1. The van der Waals surface area contributed by atoms with Crippen molar-refractivity contribution < 1.29 is 5.11 Å². The second-order valence-electron chi connectivity index (χ2n) is 4.45. The van der Waals surface area contributed by atoms with E-state index in [0.717, 1.165) is 19.4 Å². The lowest BCUT2D eigenvalue weighted by molar-refractivity contribution is 0.139. The van der Waals surface area contributed by atoms with Gasteiger partial charge in [-0.05, 0) is 33.5 Å². The van der Waals surface area contributed by atoms with Gasteiger partial charge in [-0.15, -0.1) is 0 Å². The first kappa shape index (κ1) is 13.9. The van der Waals surface area contributed by atoms with Gasteiger partial charge in [0.25, 0.3) is 0 Å². The van der Waals surface area contributed by atoms with Gasteiger partial charge >= 0.3 is 0 Å². The Balaban J connectivity index is 3.14. The molecule has 0 saturated carbocycles. The minimum absolute atomic E-state index is 0.0842. The van der Waals surface area contributed by atoms with Crippen LogP contribution in [0.2, 0.25) is 0 Å². The van der Waals surface area contributed by atoms with E-state index >= 15 is 0 Å². The maximum absolute atomic E-state index is 9.63. The predicted molar refractivity (Wildman–Crippen MR) is 62.6 cm³/mol. The largest absolute Gasteiger partial charge is 0.393 e. The summed E-state index contributed by atoms with van der Waals surface area (Å²) in [6.45, 7) is 3.22. The average molecular weight is 201 g/mol. The van der Waals surface area contributed by atoms with Gasteiger partial charge in [-0.1, -0.05) is 39.0 Å². The molecule has 0 saturated heterocycles. The number of rotatable bonds is 9. The average Bonchev–Trinajstić information content (AvgIpc) is 2.14. The molecule has 14 heavy (non-hydrogen) atoms. The van der Waals surface area contributed by atoms with Gasteiger partial charge in [-0.2, -0.15) is 0 Å². The molecule has 0 radical (unpaired) electrons. The Morgan fingerprint density at radius 2 is 1.64 bits per heavy atom. The van der Waals surface area contributed by atoms with Crippen LogP contribution in [-0.2, 0) is 0 Å². The minimum Gasteiger partial charge on any atom is -0.393 e. The number of unbranched alkanes of at least 4 members (excludes halogenated alkanes) is 4. The molecular weight excluding hydrogens is 174 g/mol. The summed E-state index contributed by atoms with van der Waals surface area (Å²) in [6, 6.07) is 0. The maximum Gasteiger partial charge on any atom is 0.0552 e. The second kappa shape index (κ2) is 9.47. The number of hydrogen-bond donors (Lipinski definition) is 1. The molecule has 1 N–H and O–H groups in total. The van der Waals surface area contributed by atoms with Gasteiger partial charge in [0.1, 0.15) is 0 Å². The lowest BCUT2D eigenvalue weighted by Crippen LogP contribution is -2.19. The van der Waals surface area contributed by atoms with Gasteiger partial charge in [0.15, 0.2) is 0 Å². The van der Waals surface area contributed by atoms with Crippen LogP contribution in [0.4, 0.5) is 0 Å². The van der Waals surface area contributed by atoms with Crippen LogP contribution in [-0.4, -0.2) is 36.8 Å². The van der Waals surface area contributed by atoms with E-state index < -0.39 is 0 Å². The third kappa shape index (κ3) is 10.0. The third-order valence-electron chi connectivity index (χ3n) is 2.55. The molecule has 0 heterocycles. The van der Waals surface area contributed by atoms with Crippen molar-refractivity contribution in [1.29, 1.82) is 0 Å². The zero-order valence-corrected chi connectivity index (χ0v) is 10.1. The number of aliphatic hydroxyl groups excluding tert-OH is 1. The molecule has 0 aromatic heterocycles. The summed E-state index contributed by atoms with van der Waals surface area (Å²) >= 11 is 0. The van der Waals surface area contributed by atoms with E-state index in [1.54, 1.807) is 0 Å². The molecular formula is C12H27NO. The van der Waals surface area contributed by atoms with Gasteiger partial charge in [-0.25, -0.2) is 0 Å². The Kier molecular flexibility index (Phi) is 9.42. The molecule has 0 spiro atoms. The second-order valence-corrected chi connectivity index (χ2v) is 4.45. The van der Waals surface area contributed by atoms with Crippen molar-refractivity contribution in [2.45, 2.75) is 58.0 Å². The van der Waals surface area contributed by atoms with Gasteiger partial charge in [0, 0.05) is 0 Å². The fraction of sp³-hybridized carbons (Fsp3) is 1.00. The third-order valence-corrected chi connectivity index (χ3v) is 2.55. The molecule has 0 bridgehead atoms. The highest BCUT2D eigenvalue weighted by Gasteiger charge is 2.03. The maximum atomic E-state index is 9.63. The molecule has 0 aliphatic carbocycles. The molecule has 1 atom stereocenters. The van der Waals surface area contributed by atoms with Crippen molar-refractivity contribution >= 4 is 0 Å². The first-order chi connectivity index (χ1) is 6.66. The Bertz CT molecular complexity index is 115. The SMILES string of the molecule is CCCCCCCC(O)CCN(C)C. The summed E-state index contributed by atoms with van der Waals surface area (Å²) < 4.78 is 0. The molecule has 2 heteroatoms. The highest BCUT2D eigenvalue weighted by molar-refractivity contribution is 4.58. The molecule has 2 nitrogen and oxygen atoms in total. The van der Waals surface area contributed by atoms with E-state index in [0.29, 0.717) is 0 Å². The van der Waals surface area contributed by atoms with E-state index in [2.05, 4.69) is 11.8 Å². The van der Waals surface area contributed by atoms with E-state index in [4.69, 9.17) is 0 Å². The summed E-state index contributed by atoms with van der Waals surface area (Å²) in [6.07, 6.45) is 8.26. The molecule has 0 aliphatic heterocycles. The molecule has 0 rings (SSSR count). The summed E-state index contributed by atoms with van der Waals surface area (Å²) in [5.74, 6) is 0. The van der Waals surface area contributed by atoms with Crippen molar-refractivity contribution in [1.82, 2.24) is 4.90 Å². The van der Waals surface area contributed by atoms with Crippen molar-refractivity contribution in [3.8, 4) is 0 Å². The monoisotopic (exact) mass is 201 g/mol. The lowest BCUT2D eigenvalue weighted by Gasteiger charge is -2.13. The summed E-state index contributed by atoms with van der Waals surface area (Å²) in [4.78, 5) is 2.13. The zero-order valence-electron chi connectivity index (χ0n) is 10.1. The van der Waals surface area contributed by atoms with Crippen LogP contribution in [0.3, 0.4) is 0 Å². The summed E-state index contributed by atoms with van der Waals surface area (Å²) in [5.41, 5.74) is 0. The van der Waals surface area contributed by atoms with Crippen LogP contribution in [0.5, 0.6) is 0 Å². The van der Waals surface area contributed by atoms with E-state index in [1.165, 1.54) is 32.1 Å². The normalized spacial score (nSPS) is 13.5. The van der Waals surface area contributed by atoms with Gasteiger partial charge < -0.3 is 10.0 Å². The van der Waals surface area contributed by atoms with Crippen LogP contribution in [0.25, 0.3) is 0 Å². The number of hydrogen-bond acceptors (Lipinski definition) is 2. The standard InChI is InChI=1S/C12H27NO/c1-4-5-6-7-8-9-12(14)10-11-13(2)3/h12,14H,4-11H2,1-3H3. The van der Waals surface area contributed by atoms with Crippen molar-refractivity contribution in [3.63, 3.8) is 0 Å². The molecule has 0 fully saturated rings. The summed E-state index contributed by atoms with van der Waals surface area (Å²) in [7, 11) is 4.10. The molecule has 0 aromatic carbocycles. The van der Waals surface area contributed by atoms with Crippen LogP contribution in [0, 0.1) is 0 Å². The molecule has 0 aliphatic rings. The number of aliphatic hydroxyl groups is 1. The highest BCUT2D eigenvalue weighted by atomic mass is 16.3. The van der Waals surface area contributed by atoms with Crippen LogP contribution in [0.1, 0.15) is 51.9 Å². The molecule has 0 amide bonds. The molecule has 86 valence electrons. The zero-order chi connectivity index (χ0) is 10.8. The fourth-order valence-corrected chi connectivity index (χ4v) is 1.54. The summed E-state index contributed by atoms with van der Waals surface area (Å²) in [5, 5.41) is 9.63. The van der Waals surface area contributed by atoms with Crippen molar-refractivity contribution in [2.24, 2.45) is 0 Å². The van der Waals surface area contributed by atoms with Crippen LogP contribution < -0.4 is 0 Å². The predicted octanol–water partition coefficient (Wildman–Crippen LogP) is 2.66. The Labute approximate surface area is 89.3 Å². The van der Waals surface area contributed by atoms with Gasteiger partial charge in [0.2, 0.25) is 0 Å². The smallest absolute Gasteiger partial charge is 0.0552 e. The quantitative estimate of drug-likeness (QED) is 0.580. The Morgan fingerprint density at radius 1 is 1.00 bits per heavy atom. The highest BCUT2D eigenvalue weighted by Crippen LogP contribution is 2.09. The van der Waals surface area contributed by atoms with Crippen molar-refractivity contribution in [3.05, 3.63) is 0 Å². The first-order valence-corrected chi connectivity index (χ1v) is 5.99.